The Labute approximate surface area is 114 Å². The second-order valence-electron chi connectivity index (χ2n) is 4.10. The fourth-order valence-electron chi connectivity index (χ4n) is 1.99. The molecule has 2 heterocycles. The maximum Gasteiger partial charge on any atom is 0.234 e. The van der Waals surface area contributed by atoms with Crippen molar-refractivity contribution in [1.82, 2.24) is 9.97 Å². The van der Waals surface area contributed by atoms with E-state index in [4.69, 9.17) is 5.73 Å². The van der Waals surface area contributed by atoms with E-state index < -0.39 is 0 Å². The molecule has 1 amide bonds. The lowest BCUT2D eigenvalue weighted by Crippen LogP contribution is -2.18. The molecule has 0 radical (unpaired) electrons. The zero-order chi connectivity index (χ0) is 13.2. The number of nitrogens with two attached hydrogens (primary N) is 1. The highest BCUT2D eigenvalue weighted by molar-refractivity contribution is 8.00. The van der Waals surface area contributed by atoms with Gasteiger partial charge in [0.15, 0.2) is 0 Å². The molecular formula is C13H12N4OS. The molecule has 0 saturated heterocycles. The number of benzene rings is 1. The molecule has 2 aromatic rings. The molecule has 1 aliphatic rings. The quantitative estimate of drug-likeness (QED) is 0.868. The first-order valence-corrected chi connectivity index (χ1v) is 6.83. The highest BCUT2D eigenvalue weighted by atomic mass is 32.2. The first kappa shape index (κ1) is 12.1. The average Bonchev–Trinajstić information content (AvgIpc) is 2.46. The Kier molecular flexibility index (Phi) is 3.18. The van der Waals surface area contributed by atoms with Gasteiger partial charge in [-0.15, -0.1) is 11.8 Å². The molecule has 0 spiro atoms. The number of carbonyl (C=O) groups is 1. The van der Waals surface area contributed by atoms with Crippen LogP contribution in [0.4, 0.5) is 5.69 Å². The number of anilines is 1. The minimum absolute atomic E-state index is 0.0212. The number of nitrogens with one attached hydrogen (secondary N) is 1. The van der Waals surface area contributed by atoms with Gasteiger partial charge in [0.05, 0.1) is 22.8 Å². The van der Waals surface area contributed by atoms with Gasteiger partial charge in [-0.05, 0) is 12.1 Å². The third kappa shape index (κ3) is 2.32. The highest BCUT2D eigenvalue weighted by Crippen LogP contribution is 2.34. The lowest BCUT2D eigenvalue weighted by Gasteiger charge is -2.17. The molecule has 1 aliphatic heterocycles. The van der Waals surface area contributed by atoms with Crippen LogP contribution in [0.15, 0.2) is 35.5 Å². The lowest BCUT2D eigenvalue weighted by molar-refractivity contribution is -0.113. The van der Waals surface area contributed by atoms with Gasteiger partial charge < -0.3 is 11.1 Å². The molecule has 1 aromatic heterocycles. The van der Waals surface area contributed by atoms with Gasteiger partial charge in [0, 0.05) is 29.4 Å². The number of nitrogens with zero attached hydrogens (tertiary/aromatic N) is 2. The summed E-state index contributed by atoms with van der Waals surface area (Å²) in [5.74, 6) is 0.485. The molecule has 0 aliphatic carbocycles. The van der Waals surface area contributed by atoms with Crippen LogP contribution in [0, 0.1) is 0 Å². The second kappa shape index (κ2) is 4.99. The van der Waals surface area contributed by atoms with Gasteiger partial charge in [-0.2, -0.15) is 0 Å². The van der Waals surface area contributed by atoms with Crippen molar-refractivity contribution in [1.29, 1.82) is 0 Å². The zero-order valence-corrected chi connectivity index (χ0v) is 10.9. The largest absolute Gasteiger partial charge is 0.325 e. The minimum Gasteiger partial charge on any atom is -0.325 e. The molecule has 3 N–H and O–H groups in total. The van der Waals surface area contributed by atoms with E-state index in [1.807, 2.05) is 18.2 Å². The zero-order valence-electron chi connectivity index (χ0n) is 10.1. The van der Waals surface area contributed by atoms with Crippen LogP contribution >= 0.6 is 11.8 Å². The maximum atomic E-state index is 11.4. The fourth-order valence-corrected chi connectivity index (χ4v) is 2.78. The molecule has 0 atom stereocenters. The van der Waals surface area contributed by atoms with Gasteiger partial charge in [0.25, 0.3) is 0 Å². The molecule has 96 valence electrons. The SMILES string of the molecule is NCc1nccnc1-c1ccc2c(c1)NC(=O)CS2. The number of thioether (sulfide) groups is 1. The van der Waals surface area contributed by atoms with Crippen LogP contribution in [-0.2, 0) is 11.3 Å². The Bertz CT molecular complexity index is 644. The van der Waals surface area contributed by atoms with Gasteiger partial charge >= 0.3 is 0 Å². The van der Waals surface area contributed by atoms with E-state index in [-0.39, 0.29) is 5.91 Å². The molecule has 5 nitrogen and oxygen atoms in total. The fraction of sp³-hybridized carbons (Fsp3) is 0.154. The summed E-state index contributed by atoms with van der Waals surface area (Å²) >= 11 is 1.54. The predicted octanol–water partition coefficient (Wildman–Crippen LogP) is 1.65. The number of aromatic nitrogens is 2. The number of hydrogen-bond acceptors (Lipinski definition) is 5. The smallest absolute Gasteiger partial charge is 0.234 e. The number of hydrogen-bond donors (Lipinski definition) is 2. The molecule has 0 fully saturated rings. The Balaban J connectivity index is 2.06. The third-order valence-corrected chi connectivity index (χ3v) is 3.93. The van der Waals surface area contributed by atoms with Gasteiger partial charge in [0.1, 0.15) is 0 Å². The monoisotopic (exact) mass is 272 g/mol. The van der Waals surface area contributed by atoms with E-state index >= 15 is 0 Å². The Hall–Kier alpha value is -1.92. The average molecular weight is 272 g/mol. The first-order chi connectivity index (χ1) is 9.28. The molecule has 0 unspecified atom stereocenters. The van der Waals surface area contributed by atoms with Gasteiger partial charge in [-0.25, -0.2) is 0 Å². The molecule has 19 heavy (non-hydrogen) atoms. The predicted molar refractivity (Wildman–Crippen MR) is 74.7 cm³/mol. The topological polar surface area (TPSA) is 80.9 Å². The number of fused-ring (bicyclic) bond motifs is 1. The van der Waals surface area contributed by atoms with Crippen LogP contribution in [0.1, 0.15) is 5.69 Å². The third-order valence-electron chi connectivity index (χ3n) is 2.85. The van der Waals surface area contributed by atoms with Crippen LogP contribution < -0.4 is 11.1 Å². The van der Waals surface area contributed by atoms with E-state index in [2.05, 4.69) is 15.3 Å². The molecule has 1 aromatic carbocycles. The summed E-state index contributed by atoms with van der Waals surface area (Å²) in [4.78, 5) is 21.0. The summed E-state index contributed by atoms with van der Waals surface area (Å²) < 4.78 is 0. The molecule has 6 heteroatoms. The number of rotatable bonds is 2. The minimum atomic E-state index is 0.0212. The van der Waals surface area contributed by atoms with E-state index in [0.29, 0.717) is 12.3 Å². The Morgan fingerprint density at radius 1 is 1.32 bits per heavy atom. The van der Waals surface area contributed by atoms with Crippen LogP contribution in [0.2, 0.25) is 0 Å². The van der Waals surface area contributed by atoms with E-state index in [1.54, 1.807) is 12.4 Å². The van der Waals surface area contributed by atoms with Crippen molar-refractivity contribution in [3.8, 4) is 11.3 Å². The van der Waals surface area contributed by atoms with Crippen molar-refractivity contribution in [2.45, 2.75) is 11.4 Å². The molecule has 3 rings (SSSR count). The highest BCUT2D eigenvalue weighted by Gasteiger charge is 2.16. The Morgan fingerprint density at radius 3 is 3.00 bits per heavy atom. The van der Waals surface area contributed by atoms with Crippen LogP contribution in [0.25, 0.3) is 11.3 Å². The maximum absolute atomic E-state index is 11.4. The second-order valence-corrected chi connectivity index (χ2v) is 5.12. The summed E-state index contributed by atoms with van der Waals surface area (Å²) in [6, 6.07) is 5.89. The van der Waals surface area contributed by atoms with Gasteiger partial charge in [-0.1, -0.05) is 6.07 Å². The van der Waals surface area contributed by atoms with Crippen LogP contribution in [0.3, 0.4) is 0 Å². The molecule has 0 saturated carbocycles. The summed E-state index contributed by atoms with van der Waals surface area (Å²) in [5, 5.41) is 2.87. The Morgan fingerprint density at radius 2 is 2.16 bits per heavy atom. The molecular weight excluding hydrogens is 260 g/mol. The van der Waals surface area contributed by atoms with Gasteiger partial charge in [0.2, 0.25) is 5.91 Å². The normalized spacial score (nSPS) is 13.8. The van der Waals surface area contributed by atoms with Crippen molar-refractivity contribution in [2.75, 3.05) is 11.1 Å². The van der Waals surface area contributed by atoms with Crippen molar-refractivity contribution < 1.29 is 4.79 Å². The van der Waals surface area contributed by atoms with Crippen molar-refractivity contribution >= 4 is 23.4 Å². The van der Waals surface area contributed by atoms with Crippen molar-refractivity contribution in [3.05, 3.63) is 36.3 Å². The summed E-state index contributed by atoms with van der Waals surface area (Å²) in [6.45, 7) is 0.335. The lowest BCUT2D eigenvalue weighted by atomic mass is 10.1. The first-order valence-electron chi connectivity index (χ1n) is 5.85. The van der Waals surface area contributed by atoms with Crippen molar-refractivity contribution in [2.24, 2.45) is 5.73 Å². The van der Waals surface area contributed by atoms with Crippen molar-refractivity contribution in [3.63, 3.8) is 0 Å². The van der Waals surface area contributed by atoms with Gasteiger partial charge in [-0.3, -0.25) is 14.8 Å². The van der Waals surface area contributed by atoms with E-state index in [9.17, 15) is 4.79 Å². The van der Waals surface area contributed by atoms with E-state index in [1.165, 1.54) is 11.8 Å². The number of carbonyl (C=O) groups excluding carboxylic acids is 1. The standard InChI is InChI=1S/C13H12N4OS/c14-6-10-13(16-4-3-15-10)8-1-2-11-9(5-8)17-12(18)7-19-11/h1-5H,6-7,14H2,(H,17,18). The van der Waals surface area contributed by atoms with E-state index in [0.717, 1.165) is 27.5 Å². The van der Waals surface area contributed by atoms with Crippen LogP contribution in [-0.4, -0.2) is 21.6 Å². The summed E-state index contributed by atoms with van der Waals surface area (Å²) in [5.41, 5.74) is 8.92. The molecule has 0 bridgehead atoms. The van der Waals surface area contributed by atoms with Crippen LogP contribution in [0.5, 0.6) is 0 Å². The summed E-state index contributed by atoms with van der Waals surface area (Å²) in [7, 11) is 0. The summed E-state index contributed by atoms with van der Waals surface area (Å²) in [6.07, 6.45) is 3.27. The number of amides is 1.